The summed E-state index contributed by atoms with van der Waals surface area (Å²) >= 11 is 1.73. The average molecular weight is 317 g/mol. The number of thioether (sulfide) groups is 1. The predicted octanol–water partition coefficient (Wildman–Crippen LogP) is 3.06. The molecule has 0 aliphatic carbocycles. The van der Waals surface area contributed by atoms with E-state index in [9.17, 15) is 4.79 Å². The maximum absolute atomic E-state index is 11.6. The summed E-state index contributed by atoms with van der Waals surface area (Å²) in [5.74, 6) is 0.957. The van der Waals surface area contributed by atoms with Crippen LogP contribution in [0.2, 0.25) is 0 Å². The summed E-state index contributed by atoms with van der Waals surface area (Å²) in [6, 6.07) is 6.43. The molecule has 20 heavy (non-hydrogen) atoms. The summed E-state index contributed by atoms with van der Waals surface area (Å²) in [7, 11) is 0. The fourth-order valence-electron chi connectivity index (χ4n) is 1.65. The van der Waals surface area contributed by atoms with Gasteiger partial charge in [0.25, 0.3) is 0 Å². The lowest BCUT2D eigenvalue weighted by Gasteiger charge is -2.06. The molecule has 3 N–H and O–H groups in total. The predicted molar refractivity (Wildman–Crippen MR) is 89.8 cm³/mol. The molecule has 0 aliphatic rings. The Balaban J connectivity index is 0.00000361. The lowest BCUT2D eigenvalue weighted by atomic mass is 10.1. The van der Waals surface area contributed by atoms with Crippen LogP contribution in [-0.2, 0) is 4.79 Å². The van der Waals surface area contributed by atoms with Gasteiger partial charge in [0.05, 0.1) is 0 Å². The molecule has 0 fully saturated rings. The number of hydrogen-bond donors (Lipinski definition) is 2. The fraction of sp³-hybridized carbons (Fsp3) is 0.533. The van der Waals surface area contributed by atoms with Gasteiger partial charge < -0.3 is 11.1 Å². The van der Waals surface area contributed by atoms with Gasteiger partial charge in [0.2, 0.25) is 5.91 Å². The zero-order valence-electron chi connectivity index (χ0n) is 12.3. The van der Waals surface area contributed by atoms with E-state index in [0.29, 0.717) is 13.0 Å². The van der Waals surface area contributed by atoms with E-state index in [0.717, 1.165) is 25.1 Å². The summed E-state index contributed by atoms with van der Waals surface area (Å²) in [5, 5.41) is 2.92. The minimum absolute atomic E-state index is 0. The van der Waals surface area contributed by atoms with Gasteiger partial charge in [0.15, 0.2) is 0 Å². The number of amides is 1. The first-order chi connectivity index (χ1) is 9.13. The van der Waals surface area contributed by atoms with Crippen LogP contribution in [0.1, 0.15) is 30.4 Å². The molecule has 1 aromatic carbocycles. The smallest absolute Gasteiger partial charge is 0.220 e. The number of carbonyl (C=O) groups is 1. The maximum atomic E-state index is 11.6. The minimum Gasteiger partial charge on any atom is -0.356 e. The van der Waals surface area contributed by atoms with Crippen molar-refractivity contribution < 1.29 is 4.79 Å². The second-order valence-electron chi connectivity index (χ2n) is 4.69. The highest BCUT2D eigenvalue weighted by molar-refractivity contribution is 7.99. The molecule has 1 amide bonds. The molecule has 0 unspecified atom stereocenters. The van der Waals surface area contributed by atoms with Crippen LogP contribution in [0.3, 0.4) is 0 Å². The summed E-state index contributed by atoms with van der Waals surface area (Å²) in [4.78, 5) is 12.8. The Bertz CT molecular complexity index is 413. The molecule has 114 valence electrons. The average Bonchev–Trinajstić information content (AvgIpc) is 2.39. The fourth-order valence-corrected chi connectivity index (χ4v) is 2.60. The Morgan fingerprint density at radius 3 is 2.65 bits per heavy atom. The number of hydrogen-bond acceptors (Lipinski definition) is 3. The summed E-state index contributed by atoms with van der Waals surface area (Å²) < 4.78 is 0. The van der Waals surface area contributed by atoms with Crippen molar-refractivity contribution in [1.82, 2.24) is 5.32 Å². The van der Waals surface area contributed by atoms with Gasteiger partial charge in [-0.3, -0.25) is 4.79 Å². The largest absolute Gasteiger partial charge is 0.356 e. The van der Waals surface area contributed by atoms with Crippen LogP contribution in [0.25, 0.3) is 0 Å². The van der Waals surface area contributed by atoms with Gasteiger partial charge in [-0.1, -0.05) is 6.07 Å². The highest BCUT2D eigenvalue weighted by atomic mass is 35.5. The lowest BCUT2D eigenvalue weighted by Crippen LogP contribution is -2.25. The van der Waals surface area contributed by atoms with Crippen molar-refractivity contribution in [1.29, 1.82) is 0 Å². The molecule has 0 radical (unpaired) electrons. The van der Waals surface area contributed by atoms with Gasteiger partial charge in [-0.15, -0.1) is 24.2 Å². The van der Waals surface area contributed by atoms with E-state index in [-0.39, 0.29) is 18.3 Å². The topological polar surface area (TPSA) is 55.1 Å². The van der Waals surface area contributed by atoms with Gasteiger partial charge >= 0.3 is 0 Å². The van der Waals surface area contributed by atoms with E-state index in [1.165, 1.54) is 16.0 Å². The van der Waals surface area contributed by atoms with Crippen molar-refractivity contribution in [2.24, 2.45) is 5.73 Å². The third-order valence-corrected chi connectivity index (χ3v) is 4.02. The Labute approximate surface area is 132 Å². The number of nitrogens with one attached hydrogen (secondary N) is 1. The monoisotopic (exact) mass is 316 g/mol. The van der Waals surface area contributed by atoms with E-state index in [2.05, 4.69) is 37.4 Å². The third kappa shape index (κ3) is 7.78. The van der Waals surface area contributed by atoms with E-state index < -0.39 is 0 Å². The molecule has 0 saturated carbocycles. The molecule has 0 bridgehead atoms. The first-order valence-corrected chi connectivity index (χ1v) is 7.79. The van der Waals surface area contributed by atoms with Crippen LogP contribution < -0.4 is 11.1 Å². The normalized spacial score (nSPS) is 9.95. The van der Waals surface area contributed by atoms with E-state index >= 15 is 0 Å². The number of carbonyl (C=O) groups excluding carboxylic acids is 1. The zero-order chi connectivity index (χ0) is 14.1. The molecule has 1 aromatic rings. The SMILES string of the molecule is Cc1ccc(SCCC(=O)NCCCCN)cc1C.Cl. The van der Waals surface area contributed by atoms with Crippen molar-refractivity contribution in [3.8, 4) is 0 Å². The van der Waals surface area contributed by atoms with Gasteiger partial charge in [0.1, 0.15) is 0 Å². The molecule has 0 aromatic heterocycles. The second-order valence-corrected chi connectivity index (χ2v) is 5.86. The standard InChI is InChI=1S/C15H24N2OS.ClH/c1-12-5-6-14(11-13(12)2)19-10-7-15(18)17-9-4-3-8-16;/h5-6,11H,3-4,7-10,16H2,1-2H3,(H,17,18);1H. The van der Waals surface area contributed by atoms with E-state index in [1.54, 1.807) is 11.8 Å². The number of aryl methyl sites for hydroxylation is 2. The van der Waals surface area contributed by atoms with Gasteiger partial charge in [-0.25, -0.2) is 0 Å². The number of benzene rings is 1. The molecule has 0 atom stereocenters. The quantitative estimate of drug-likeness (QED) is 0.572. The first-order valence-electron chi connectivity index (χ1n) is 6.80. The van der Waals surface area contributed by atoms with Crippen LogP contribution in [0.4, 0.5) is 0 Å². The van der Waals surface area contributed by atoms with Gasteiger partial charge in [-0.05, 0) is 56.5 Å². The third-order valence-electron chi connectivity index (χ3n) is 3.03. The lowest BCUT2D eigenvalue weighted by molar-refractivity contribution is -0.120. The Hall–Kier alpha value is -0.710. The van der Waals surface area contributed by atoms with E-state index in [1.807, 2.05) is 0 Å². The minimum atomic E-state index is 0. The summed E-state index contributed by atoms with van der Waals surface area (Å²) in [6.45, 7) is 5.66. The zero-order valence-corrected chi connectivity index (χ0v) is 13.9. The number of rotatable bonds is 8. The Kier molecular flexibility index (Phi) is 10.6. The highest BCUT2D eigenvalue weighted by Crippen LogP contribution is 2.21. The van der Waals surface area contributed by atoms with E-state index in [4.69, 9.17) is 5.73 Å². The molecular formula is C15H25ClN2OS. The van der Waals surface area contributed by atoms with Crippen LogP contribution in [0.5, 0.6) is 0 Å². The van der Waals surface area contributed by atoms with Crippen LogP contribution in [0, 0.1) is 13.8 Å². The summed E-state index contributed by atoms with van der Waals surface area (Å²) in [6.07, 6.45) is 2.50. The number of unbranched alkanes of at least 4 members (excludes halogenated alkanes) is 1. The first kappa shape index (κ1) is 19.3. The molecule has 0 aliphatic heterocycles. The van der Waals surface area contributed by atoms with Crippen LogP contribution in [0.15, 0.2) is 23.1 Å². The highest BCUT2D eigenvalue weighted by Gasteiger charge is 2.02. The Morgan fingerprint density at radius 1 is 1.25 bits per heavy atom. The van der Waals surface area contributed by atoms with Crippen molar-refractivity contribution in [3.63, 3.8) is 0 Å². The second kappa shape index (κ2) is 11.0. The Morgan fingerprint density at radius 2 is 2.00 bits per heavy atom. The van der Waals surface area contributed by atoms with Crippen molar-refractivity contribution in [3.05, 3.63) is 29.3 Å². The molecular weight excluding hydrogens is 292 g/mol. The molecule has 0 heterocycles. The van der Waals surface area contributed by atoms with Crippen LogP contribution in [-0.4, -0.2) is 24.7 Å². The van der Waals surface area contributed by atoms with Crippen molar-refractivity contribution in [2.75, 3.05) is 18.8 Å². The molecule has 5 heteroatoms. The maximum Gasteiger partial charge on any atom is 0.220 e. The molecule has 1 rings (SSSR count). The van der Waals surface area contributed by atoms with Crippen molar-refractivity contribution in [2.45, 2.75) is 38.0 Å². The molecule has 0 saturated heterocycles. The summed E-state index contributed by atoms with van der Waals surface area (Å²) in [5.41, 5.74) is 8.01. The molecule has 0 spiro atoms. The number of nitrogens with two attached hydrogens (primary N) is 1. The van der Waals surface area contributed by atoms with Crippen LogP contribution >= 0.6 is 24.2 Å². The van der Waals surface area contributed by atoms with Crippen molar-refractivity contribution >= 4 is 30.1 Å². The van der Waals surface area contributed by atoms with Gasteiger partial charge in [0, 0.05) is 23.6 Å². The number of halogens is 1. The van der Waals surface area contributed by atoms with Gasteiger partial charge in [-0.2, -0.15) is 0 Å². The molecule has 3 nitrogen and oxygen atoms in total.